The Morgan fingerprint density at radius 3 is 2.36 bits per heavy atom. The lowest BCUT2D eigenvalue weighted by Gasteiger charge is -2.32. The fourth-order valence-corrected chi connectivity index (χ4v) is 5.80. The normalized spacial score (nSPS) is 13.2. The third kappa shape index (κ3) is 8.00. The molecule has 0 aromatic heterocycles. The highest BCUT2D eigenvalue weighted by Gasteiger charge is 2.31. The largest absolute Gasteiger partial charge is 0.486 e. The predicted octanol–water partition coefficient (Wildman–Crippen LogP) is 3.92. The zero-order valence-electron chi connectivity index (χ0n) is 23.8. The summed E-state index contributed by atoms with van der Waals surface area (Å²) < 4.78 is 52.5. The number of amides is 2. The number of anilines is 1. The van der Waals surface area contributed by atoms with Crippen molar-refractivity contribution < 1.29 is 31.9 Å². The second kappa shape index (κ2) is 14.2. The molecular weight excluding hydrogens is 561 g/mol. The molecule has 1 heterocycles. The van der Waals surface area contributed by atoms with Gasteiger partial charge in [0, 0.05) is 44.1 Å². The molecule has 0 spiro atoms. The van der Waals surface area contributed by atoms with E-state index in [-0.39, 0.29) is 49.7 Å². The van der Waals surface area contributed by atoms with E-state index in [1.54, 1.807) is 43.3 Å². The van der Waals surface area contributed by atoms with Gasteiger partial charge >= 0.3 is 0 Å². The third-order valence-corrected chi connectivity index (χ3v) is 8.08. The Bertz CT molecular complexity index is 1480. The number of nitrogens with zero attached hydrogens (tertiary/aromatic N) is 2. The molecule has 0 saturated carbocycles. The first-order chi connectivity index (χ1) is 20.2. The molecule has 1 aliphatic heterocycles. The molecule has 0 unspecified atom stereocenters. The van der Waals surface area contributed by atoms with E-state index in [9.17, 15) is 22.4 Å². The van der Waals surface area contributed by atoms with Gasteiger partial charge in [0.15, 0.2) is 11.5 Å². The molecule has 11 heteroatoms. The van der Waals surface area contributed by atoms with Crippen molar-refractivity contribution in [2.24, 2.45) is 0 Å². The lowest BCUT2D eigenvalue weighted by atomic mass is 10.0. The highest BCUT2D eigenvalue weighted by Crippen LogP contribution is 2.34. The summed E-state index contributed by atoms with van der Waals surface area (Å²) in [5.41, 5.74) is 1.52. The Hall–Kier alpha value is -4.12. The van der Waals surface area contributed by atoms with Gasteiger partial charge in [-0.25, -0.2) is 12.8 Å². The smallest absolute Gasteiger partial charge is 0.243 e. The molecule has 0 radical (unpaired) electrons. The molecule has 4 rings (SSSR count). The maximum atomic E-state index is 14.7. The SMILES string of the molecule is CCNC(=O)[C@@H](Cc1ccccc1)N(Cc1ccccc1F)C(=O)CCCN(c1ccc2c(c1)OCCO2)S(C)(=O)=O. The lowest BCUT2D eigenvalue weighted by Crippen LogP contribution is -2.50. The van der Waals surface area contributed by atoms with Crippen molar-refractivity contribution in [3.05, 3.63) is 89.7 Å². The number of carbonyl (C=O) groups excluding carboxylic acids is 2. The van der Waals surface area contributed by atoms with Gasteiger partial charge in [-0.2, -0.15) is 0 Å². The molecule has 224 valence electrons. The van der Waals surface area contributed by atoms with Gasteiger partial charge in [-0.05, 0) is 37.1 Å². The predicted molar refractivity (Wildman–Crippen MR) is 158 cm³/mol. The molecular formula is C31H36FN3O6S. The van der Waals surface area contributed by atoms with Crippen LogP contribution in [0.2, 0.25) is 0 Å². The number of halogens is 1. The minimum Gasteiger partial charge on any atom is -0.486 e. The molecule has 0 saturated heterocycles. The molecule has 42 heavy (non-hydrogen) atoms. The van der Waals surface area contributed by atoms with Gasteiger partial charge in [-0.3, -0.25) is 13.9 Å². The van der Waals surface area contributed by atoms with Gasteiger partial charge in [0.1, 0.15) is 25.1 Å². The molecule has 0 fully saturated rings. The summed E-state index contributed by atoms with van der Waals surface area (Å²) in [6, 6.07) is 19.4. The molecule has 1 atom stereocenters. The number of rotatable bonds is 13. The van der Waals surface area contributed by atoms with Crippen LogP contribution in [0.25, 0.3) is 0 Å². The summed E-state index contributed by atoms with van der Waals surface area (Å²) in [7, 11) is -3.70. The van der Waals surface area contributed by atoms with Crippen LogP contribution in [-0.2, 0) is 32.6 Å². The number of fused-ring (bicyclic) bond motifs is 1. The van der Waals surface area contributed by atoms with Crippen LogP contribution in [0.4, 0.5) is 10.1 Å². The van der Waals surface area contributed by atoms with Crippen LogP contribution >= 0.6 is 0 Å². The maximum absolute atomic E-state index is 14.7. The van der Waals surface area contributed by atoms with Gasteiger partial charge in [0.25, 0.3) is 0 Å². The molecule has 3 aromatic carbocycles. The van der Waals surface area contributed by atoms with E-state index in [0.29, 0.717) is 36.9 Å². The second-order valence-corrected chi connectivity index (χ2v) is 11.9. The topological polar surface area (TPSA) is 105 Å². The van der Waals surface area contributed by atoms with Crippen molar-refractivity contribution in [1.82, 2.24) is 10.2 Å². The third-order valence-electron chi connectivity index (χ3n) is 6.89. The standard InChI is InChI=1S/C31H36FN3O6S/c1-3-33-31(37)27(20-23-10-5-4-6-11-23)34(22-24-12-7-8-13-26(24)32)30(36)14-9-17-35(42(2,38)39)25-15-16-28-29(21-25)41-19-18-40-28/h4-8,10-13,15-16,21,27H,3,9,14,17-20,22H2,1-2H3,(H,33,37)/t27-/m1/s1. The number of benzene rings is 3. The van der Waals surface area contributed by atoms with Crippen LogP contribution in [0.1, 0.15) is 30.9 Å². The van der Waals surface area contributed by atoms with Gasteiger partial charge in [-0.1, -0.05) is 48.5 Å². The Morgan fingerprint density at radius 2 is 1.67 bits per heavy atom. The lowest BCUT2D eigenvalue weighted by molar-refractivity contribution is -0.141. The average molecular weight is 598 g/mol. The Labute approximate surface area is 246 Å². The first-order valence-electron chi connectivity index (χ1n) is 13.9. The molecule has 2 amide bonds. The zero-order chi connectivity index (χ0) is 30.1. The summed E-state index contributed by atoms with van der Waals surface area (Å²) in [4.78, 5) is 28.4. The van der Waals surface area contributed by atoms with E-state index in [1.807, 2.05) is 30.3 Å². The minimum absolute atomic E-state index is 0.0161. The number of hydrogen-bond donors (Lipinski definition) is 1. The van der Waals surface area contributed by atoms with Gasteiger partial charge < -0.3 is 19.7 Å². The first kappa shape index (κ1) is 30.8. The van der Waals surface area contributed by atoms with Crippen molar-refractivity contribution in [3.63, 3.8) is 0 Å². The molecule has 0 bridgehead atoms. The maximum Gasteiger partial charge on any atom is 0.243 e. The van der Waals surface area contributed by atoms with Crippen LogP contribution in [0.15, 0.2) is 72.8 Å². The monoisotopic (exact) mass is 597 g/mol. The van der Waals surface area contributed by atoms with E-state index in [4.69, 9.17) is 9.47 Å². The zero-order valence-corrected chi connectivity index (χ0v) is 24.6. The van der Waals surface area contributed by atoms with Crippen molar-refractivity contribution in [3.8, 4) is 11.5 Å². The molecule has 0 aliphatic carbocycles. The van der Waals surface area contributed by atoms with Gasteiger partial charge in [0.05, 0.1) is 11.9 Å². The average Bonchev–Trinajstić information content (AvgIpc) is 2.97. The molecule has 3 aromatic rings. The number of likely N-dealkylation sites (N-methyl/N-ethyl adjacent to an activating group) is 1. The van der Waals surface area contributed by atoms with Crippen LogP contribution in [0.5, 0.6) is 11.5 Å². The molecule has 9 nitrogen and oxygen atoms in total. The number of nitrogens with one attached hydrogen (secondary N) is 1. The van der Waals surface area contributed by atoms with Crippen LogP contribution in [-0.4, -0.2) is 63.7 Å². The second-order valence-electron chi connectivity index (χ2n) is 9.98. The fraction of sp³-hybridized carbons (Fsp3) is 0.355. The van der Waals surface area contributed by atoms with Gasteiger partial charge in [0.2, 0.25) is 21.8 Å². The molecule has 1 N–H and O–H groups in total. The highest BCUT2D eigenvalue weighted by atomic mass is 32.2. The van der Waals surface area contributed by atoms with E-state index < -0.39 is 21.9 Å². The van der Waals surface area contributed by atoms with Crippen LogP contribution in [0.3, 0.4) is 0 Å². The summed E-state index contributed by atoms with van der Waals surface area (Å²) in [5, 5.41) is 2.81. The fourth-order valence-electron chi connectivity index (χ4n) is 4.85. The van der Waals surface area contributed by atoms with Crippen LogP contribution < -0.4 is 19.1 Å². The van der Waals surface area contributed by atoms with Crippen molar-refractivity contribution in [2.75, 3.05) is 36.9 Å². The first-order valence-corrected chi connectivity index (χ1v) is 15.7. The number of hydrogen-bond acceptors (Lipinski definition) is 6. The molecule has 1 aliphatic rings. The summed E-state index contributed by atoms with van der Waals surface area (Å²) in [6.07, 6.45) is 1.44. The van der Waals surface area contributed by atoms with Crippen molar-refractivity contribution >= 4 is 27.5 Å². The quantitative estimate of drug-likeness (QED) is 0.320. The van der Waals surface area contributed by atoms with Crippen molar-refractivity contribution in [1.29, 1.82) is 0 Å². The van der Waals surface area contributed by atoms with Crippen molar-refractivity contribution in [2.45, 2.75) is 38.8 Å². The minimum atomic E-state index is -3.70. The van der Waals surface area contributed by atoms with E-state index in [2.05, 4.69) is 5.32 Å². The number of ether oxygens (including phenoxy) is 2. The number of sulfonamides is 1. The number of carbonyl (C=O) groups is 2. The van der Waals surface area contributed by atoms with E-state index in [1.165, 1.54) is 15.3 Å². The summed E-state index contributed by atoms with van der Waals surface area (Å²) in [5.74, 6) is -0.231. The van der Waals surface area contributed by atoms with Crippen LogP contribution in [0, 0.1) is 5.82 Å². The highest BCUT2D eigenvalue weighted by molar-refractivity contribution is 7.92. The van der Waals surface area contributed by atoms with E-state index in [0.717, 1.165) is 11.8 Å². The summed E-state index contributed by atoms with van der Waals surface area (Å²) in [6.45, 7) is 2.83. The van der Waals surface area contributed by atoms with E-state index >= 15 is 0 Å². The Balaban J connectivity index is 1.56. The van der Waals surface area contributed by atoms with Gasteiger partial charge in [-0.15, -0.1) is 0 Å². The Morgan fingerprint density at radius 1 is 0.976 bits per heavy atom. The Kier molecular flexibility index (Phi) is 10.4. The summed E-state index contributed by atoms with van der Waals surface area (Å²) >= 11 is 0.